The van der Waals surface area contributed by atoms with Crippen LogP contribution in [0.5, 0.6) is 0 Å². The lowest BCUT2D eigenvalue weighted by Crippen LogP contribution is -2.36. The van der Waals surface area contributed by atoms with Gasteiger partial charge in [0.2, 0.25) is 0 Å². The zero-order chi connectivity index (χ0) is 12.7. The van der Waals surface area contributed by atoms with Crippen molar-refractivity contribution in [2.75, 3.05) is 12.8 Å². The summed E-state index contributed by atoms with van der Waals surface area (Å²) in [5, 5.41) is 3.60. The number of nitrogens with one attached hydrogen (secondary N) is 1. The van der Waals surface area contributed by atoms with Crippen LogP contribution >= 0.6 is 11.8 Å². The highest BCUT2D eigenvalue weighted by Crippen LogP contribution is 2.29. The standard InChI is InChI=1S/C15H25NS/c1-5-15(6-2,17-4)12-16-11-14-9-7-8-13(3)10-14/h7-10,16H,5-6,11-12H2,1-4H3. The van der Waals surface area contributed by atoms with Gasteiger partial charge in [-0.3, -0.25) is 0 Å². The molecule has 0 bridgehead atoms. The third-order valence-corrected chi connectivity index (χ3v) is 5.17. The minimum absolute atomic E-state index is 0.407. The Kier molecular flexibility index (Phi) is 6.07. The number of hydrogen-bond donors (Lipinski definition) is 1. The van der Waals surface area contributed by atoms with Crippen LogP contribution in [0.4, 0.5) is 0 Å². The highest BCUT2D eigenvalue weighted by Gasteiger charge is 2.23. The first-order valence-electron chi connectivity index (χ1n) is 6.47. The van der Waals surface area contributed by atoms with Crippen LogP contribution in [-0.4, -0.2) is 17.5 Å². The van der Waals surface area contributed by atoms with Crippen LogP contribution in [-0.2, 0) is 6.54 Å². The summed E-state index contributed by atoms with van der Waals surface area (Å²) in [5.74, 6) is 0. The van der Waals surface area contributed by atoms with E-state index >= 15 is 0 Å². The van der Waals surface area contributed by atoms with E-state index in [1.54, 1.807) is 0 Å². The van der Waals surface area contributed by atoms with E-state index in [9.17, 15) is 0 Å². The molecule has 0 fully saturated rings. The molecule has 0 saturated carbocycles. The molecule has 0 saturated heterocycles. The molecule has 0 spiro atoms. The Morgan fingerprint density at radius 1 is 1.24 bits per heavy atom. The lowest BCUT2D eigenvalue weighted by atomic mass is 10.0. The largest absolute Gasteiger partial charge is 0.311 e. The van der Waals surface area contributed by atoms with Crippen molar-refractivity contribution in [3.63, 3.8) is 0 Å². The Hall–Kier alpha value is -0.470. The predicted octanol–water partition coefficient (Wildman–Crippen LogP) is 4.01. The zero-order valence-electron chi connectivity index (χ0n) is 11.5. The van der Waals surface area contributed by atoms with Crippen LogP contribution in [0.15, 0.2) is 24.3 Å². The van der Waals surface area contributed by atoms with E-state index in [0.717, 1.165) is 13.1 Å². The van der Waals surface area contributed by atoms with Crippen molar-refractivity contribution in [1.29, 1.82) is 0 Å². The number of hydrogen-bond acceptors (Lipinski definition) is 2. The summed E-state index contributed by atoms with van der Waals surface area (Å²) in [6.45, 7) is 8.79. The molecule has 0 amide bonds. The van der Waals surface area contributed by atoms with Crippen molar-refractivity contribution < 1.29 is 0 Å². The van der Waals surface area contributed by atoms with Crippen LogP contribution in [0.25, 0.3) is 0 Å². The summed E-state index contributed by atoms with van der Waals surface area (Å²) in [6.07, 6.45) is 4.68. The molecule has 0 aliphatic carbocycles. The maximum Gasteiger partial charge on any atom is 0.0276 e. The van der Waals surface area contributed by atoms with Gasteiger partial charge in [0.25, 0.3) is 0 Å². The first-order valence-corrected chi connectivity index (χ1v) is 7.69. The van der Waals surface area contributed by atoms with Crippen LogP contribution in [0.3, 0.4) is 0 Å². The van der Waals surface area contributed by atoms with Gasteiger partial charge in [0.05, 0.1) is 0 Å². The SMILES string of the molecule is CCC(CC)(CNCc1cccc(C)c1)SC. The number of thioether (sulfide) groups is 1. The average molecular weight is 251 g/mol. The van der Waals surface area contributed by atoms with E-state index in [1.807, 2.05) is 11.8 Å². The Bertz CT molecular complexity index is 323. The third kappa shape index (κ3) is 4.36. The molecule has 1 nitrogen and oxygen atoms in total. The lowest BCUT2D eigenvalue weighted by molar-refractivity contribution is 0.495. The van der Waals surface area contributed by atoms with Crippen molar-refractivity contribution in [3.8, 4) is 0 Å². The highest BCUT2D eigenvalue weighted by molar-refractivity contribution is 8.00. The molecule has 0 aromatic heterocycles. The fourth-order valence-electron chi connectivity index (χ4n) is 2.12. The van der Waals surface area contributed by atoms with Crippen molar-refractivity contribution >= 4 is 11.8 Å². The summed E-state index contributed by atoms with van der Waals surface area (Å²) in [7, 11) is 0. The minimum atomic E-state index is 0.407. The van der Waals surface area contributed by atoms with Gasteiger partial charge in [-0.2, -0.15) is 11.8 Å². The number of aryl methyl sites for hydroxylation is 1. The Morgan fingerprint density at radius 3 is 2.47 bits per heavy atom. The van der Waals surface area contributed by atoms with Gasteiger partial charge in [0.1, 0.15) is 0 Å². The van der Waals surface area contributed by atoms with Gasteiger partial charge in [0.15, 0.2) is 0 Å². The van der Waals surface area contributed by atoms with Gasteiger partial charge in [-0.15, -0.1) is 0 Å². The molecule has 1 aromatic carbocycles. The quantitative estimate of drug-likeness (QED) is 0.786. The van der Waals surface area contributed by atoms with Crippen molar-refractivity contribution in [1.82, 2.24) is 5.32 Å². The van der Waals surface area contributed by atoms with Gasteiger partial charge < -0.3 is 5.32 Å². The molecule has 2 heteroatoms. The summed E-state index contributed by atoms with van der Waals surface area (Å²) < 4.78 is 0.407. The fraction of sp³-hybridized carbons (Fsp3) is 0.600. The predicted molar refractivity (Wildman–Crippen MR) is 79.7 cm³/mol. The molecule has 1 aromatic rings. The van der Waals surface area contributed by atoms with Gasteiger partial charge >= 0.3 is 0 Å². The van der Waals surface area contributed by atoms with Gasteiger partial charge in [-0.05, 0) is 31.6 Å². The van der Waals surface area contributed by atoms with Crippen molar-refractivity contribution in [2.45, 2.75) is 44.9 Å². The maximum absolute atomic E-state index is 3.60. The first kappa shape index (κ1) is 14.6. The second-order valence-corrected chi connectivity index (χ2v) is 5.96. The number of rotatable bonds is 7. The summed E-state index contributed by atoms with van der Waals surface area (Å²) >= 11 is 1.99. The van der Waals surface area contributed by atoms with E-state index in [-0.39, 0.29) is 0 Å². The maximum atomic E-state index is 3.60. The van der Waals surface area contributed by atoms with Gasteiger partial charge in [-0.1, -0.05) is 43.7 Å². The molecular formula is C15H25NS. The molecule has 17 heavy (non-hydrogen) atoms. The molecule has 1 rings (SSSR count). The molecule has 0 heterocycles. The zero-order valence-corrected chi connectivity index (χ0v) is 12.4. The topological polar surface area (TPSA) is 12.0 Å². The Morgan fingerprint density at radius 2 is 1.94 bits per heavy atom. The molecule has 96 valence electrons. The Labute approximate surface area is 110 Å². The third-order valence-electron chi connectivity index (χ3n) is 3.58. The highest BCUT2D eigenvalue weighted by atomic mass is 32.2. The van der Waals surface area contributed by atoms with E-state index in [2.05, 4.69) is 56.6 Å². The summed E-state index contributed by atoms with van der Waals surface area (Å²) in [6, 6.07) is 8.73. The second kappa shape index (κ2) is 7.07. The monoisotopic (exact) mass is 251 g/mol. The van der Waals surface area contributed by atoms with E-state index < -0.39 is 0 Å². The first-order chi connectivity index (χ1) is 8.15. The van der Waals surface area contributed by atoms with E-state index in [4.69, 9.17) is 0 Å². The molecule has 0 aliphatic rings. The molecule has 0 aliphatic heterocycles. The second-order valence-electron chi connectivity index (χ2n) is 4.69. The molecule has 1 N–H and O–H groups in total. The number of benzene rings is 1. The lowest BCUT2D eigenvalue weighted by Gasteiger charge is -2.30. The van der Waals surface area contributed by atoms with E-state index in [0.29, 0.717) is 4.75 Å². The molecular weight excluding hydrogens is 226 g/mol. The van der Waals surface area contributed by atoms with E-state index in [1.165, 1.54) is 24.0 Å². The van der Waals surface area contributed by atoms with Crippen molar-refractivity contribution in [3.05, 3.63) is 35.4 Å². The summed E-state index contributed by atoms with van der Waals surface area (Å²) in [5.41, 5.74) is 2.72. The Balaban J connectivity index is 2.46. The van der Waals surface area contributed by atoms with Crippen LogP contribution in [0.1, 0.15) is 37.8 Å². The van der Waals surface area contributed by atoms with Gasteiger partial charge in [-0.25, -0.2) is 0 Å². The van der Waals surface area contributed by atoms with Crippen molar-refractivity contribution in [2.24, 2.45) is 0 Å². The normalized spacial score (nSPS) is 11.8. The smallest absolute Gasteiger partial charge is 0.0276 e. The van der Waals surface area contributed by atoms with Crippen LogP contribution in [0, 0.1) is 6.92 Å². The van der Waals surface area contributed by atoms with Gasteiger partial charge in [0, 0.05) is 17.8 Å². The molecule has 0 atom stereocenters. The molecule has 0 radical (unpaired) electrons. The minimum Gasteiger partial charge on any atom is -0.311 e. The van der Waals surface area contributed by atoms with Crippen LogP contribution < -0.4 is 5.32 Å². The van der Waals surface area contributed by atoms with Crippen LogP contribution in [0.2, 0.25) is 0 Å². The average Bonchev–Trinajstić information content (AvgIpc) is 2.35. The summed E-state index contributed by atoms with van der Waals surface area (Å²) in [4.78, 5) is 0. The fourth-order valence-corrected chi connectivity index (χ4v) is 2.94. The molecule has 0 unspecified atom stereocenters.